The number of rotatable bonds is 5. The molecule has 2 aromatic carbocycles. The molecule has 28 heavy (non-hydrogen) atoms. The standard InChI is InChI=1S/C20H19N3O5/c1-12-22-16-8-6-5-7-15(16)20(25)23(12)21-11-14-9-17(26-3)19(28-13(2)24)18(10-14)27-4/h5-11H,1-4H3/b21-11+. The van der Waals surface area contributed by atoms with Gasteiger partial charge in [0.1, 0.15) is 5.82 Å². The lowest BCUT2D eigenvalue weighted by Gasteiger charge is -2.13. The van der Waals surface area contributed by atoms with Gasteiger partial charge in [-0.15, -0.1) is 0 Å². The molecule has 0 amide bonds. The van der Waals surface area contributed by atoms with Crippen molar-refractivity contribution in [3.05, 3.63) is 58.1 Å². The zero-order valence-corrected chi connectivity index (χ0v) is 15.9. The molecule has 0 saturated carbocycles. The number of benzene rings is 2. The Kier molecular flexibility index (Phi) is 5.39. The highest BCUT2D eigenvalue weighted by molar-refractivity contribution is 5.83. The molecular formula is C20H19N3O5. The first-order valence-corrected chi connectivity index (χ1v) is 8.41. The first kappa shape index (κ1) is 19.1. The third-order valence-corrected chi connectivity index (χ3v) is 3.97. The van der Waals surface area contributed by atoms with Gasteiger partial charge < -0.3 is 14.2 Å². The highest BCUT2D eigenvalue weighted by Gasteiger charge is 2.16. The molecule has 0 saturated heterocycles. The maximum atomic E-state index is 12.7. The van der Waals surface area contributed by atoms with Crippen LogP contribution in [0.25, 0.3) is 10.9 Å². The van der Waals surface area contributed by atoms with Crippen LogP contribution in [0.5, 0.6) is 17.2 Å². The topological polar surface area (TPSA) is 92.0 Å². The van der Waals surface area contributed by atoms with E-state index >= 15 is 0 Å². The van der Waals surface area contributed by atoms with Crippen LogP contribution in [0.2, 0.25) is 0 Å². The summed E-state index contributed by atoms with van der Waals surface area (Å²) in [6.07, 6.45) is 1.48. The fraction of sp³-hybridized carbons (Fsp3) is 0.200. The molecule has 0 bridgehead atoms. The number of esters is 1. The lowest BCUT2D eigenvalue weighted by molar-refractivity contribution is -0.132. The number of carbonyl (C=O) groups excluding carboxylic acids is 1. The van der Waals surface area contributed by atoms with Crippen LogP contribution in [0, 0.1) is 6.92 Å². The first-order chi connectivity index (χ1) is 13.4. The summed E-state index contributed by atoms with van der Waals surface area (Å²) in [5.41, 5.74) is 0.935. The van der Waals surface area contributed by atoms with E-state index in [-0.39, 0.29) is 11.3 Å². The molecule has 1 heterocycles. The van der Waals surface area contributed by atoms with Crippen molar-refractivity contribution < 1.29 is 19.0 Å². The van der Waals surface area contributed by atoms with Crippen molar-refractivity contribution in [2.24, 2.45) is 5.10 Å². The van der Waals surface area contributed by atoms with E-state index in [1.165, 1.54) is 32.0 Å². The van der Waals surface area contributed by atoms with E-state index in [4.69, 9.17) is 14.2 Å². The van der Waals surface area contributed by atoms with Crippen LogP contribution in [0.3, 0.4) is 0 Å². The van der Waals surface area contributed by atoms with E-state index < -0.39 is 5.97 Å². The molecule has 0 unspecified atom stereocenters. The van der Waals surface area contributed by atoms with Crippen molar-refractivity contribution in [3.8, 4) is 17.2 Å². The van der Waals surface area contributed by atoms with Gasteiger partial charge in [-0.2, -0.15) is 9.78 Å². The number of para-hydroxylation sites is 1. The third-order valence-electron chi connectivity index (χ3n) is 3.97. The number of aryl methyl sites for hydroxylation is 1. The molecule has 0 aliphatic heterocycles. The minimum atomic E-state index is -0.498. The Morgan fingerprint density at radius 1 is 1.14 bits per heavy atom. The predicted octanol–water partition coefficient (Wildman–Crippen LogP) is 2.53. The fourth-order valence-electron chi connectivity index (χ4n) is 2.71. The Balaban J connectivity index is 2.07. The molecule has 0 fully saturated rings. The number of ether oxygens (including phenoxy) is 3. The van der Waals surface area contributed by atoms with Gasteiger partial charge >= 0.3 is 5.97 Å². The number of fused-ring (bicyclic) bond motifs is 1. The fourth-order valence-corrected chi connectivity index (χ4v) is 2.71. The zero-order valence-electron chi connectivity index (χ0n) is 15.9. The lowest BCUT2D eigenvalue weighted by Crippen LogP contribution is -2.20. The number of carbonyl (C=O) groups is 1. The van der Waals surface area contributed by atoms with E-state index in [0.29, 0.717) is 33.8 Å². The molecule has 0 spiro atoms. The van der Waals surface area contributed by atoms with Gasteiger partial charge in [0.2, 0.25) is 5.75 Å². The molecule has 8 nitrogen and oxygen atoms in total. The van der Waals surface area contributed by atoms with Gasteiger partial charge in [0.05, 0.1) is 31.3 Å². The lowest BCUT2D eigenvalue weighted by atomic mass is 10.2. The average molecular weight is 381 g/mol. The monoisotopic (exact) mass is 381 g/mol. The van der Waals surface area contributed by atoms with Crippen molar-refractivity contribution in [1.82, 2.24) is 9.66 Å². The molecular weight excluding hydrogens is 362 g/mol. The Morgan fingerprint density at radius 3 is 2.39 bits per heavy atom. The van der Waals surface area contributed by atoms with Crippen molar-refractivity contribution in [2.75, 3.05) is 14.2 Å². The second-order valence-electron chi connectivity index (χ2n) is 5.89. The molecule has 1 aromatic heterocycles. The number of nitrogens with zero attached hydrogens (tertiary/aromatic N) is 3. The highest BCUT2D eigenvalue weighted by Crippen LogP contribution is 2.38. The summed E-state index contributed by atoms with van der Waals surface area (Å²) in [5.74, 6) is 0.738. The minimum absolute atomic E-state index is 0.176. The molecule has 0 aliphatic rings. The normalized spacial score (nSPS) is 11.0. The predicted molar refractivity (Wildman–Crippen MR) is 105 cm³/mol. The molecule has 0 atom stereocenters. The van der Waals surface area contributed by atoms with Crippen LogP contribution in [0.15, 0.2) is 46.3 Å². The van der Waals surface area contributed by atoms with Gasteiger partial charge in [-0.25, -0.2) is 4.98 Å². The molecule has 0 aliphatic carbocycles. The van der Waals surface area contributed by atoms with Crippen LogP contribution in [-0.4, -0.2) is 36.1 Å². The van der Waals surface area contributed by atoms with E-state index in [2.05, 4.69) is 10.1 Å². The minimum Gasteiger partial charge on any atom is -0.493 e. The van der Waals surface area contributed by atoms with Gasteiger partial charge in [-0.05, 0) is 31.2 Å². The molecule has 144 valence electrons. The number of hydrogen-bond donors (Lipinski definition) is 0. The van der Waals surface area contributed by atoms with E-state index in [9.17, 15) is 9.59 Å². The smallest absolute Gasteiger partial charge is 0.308 e. The summed E-state index contributed by atoms with van der Waals surface area (Å²) in [4.78, 5) is 28.4. The molecule has 0 N–H and O–H groups in total. The van der Waals surface area contributed by atoms with Crippen LogP contribution in [0.1, 0.15) is 18.3 Å². The van der Waals surface area contributed by atoms with Crippen LogP contribution >= 0.6 is 0 Å². The summed E-state index contributed by atoms with van der Waals surface area (Å²) >= 11 is 0. The van der Waals surface area contributed by atoms with E-state index in [0.717, 1.165) is 0 Å². The van der Waals surface area contributed by atoms with E-state index in [1.54, 1.807) is 37.3 Å². The zero-order chi connectivity index (χ0) is 20.3. The summed E-state index contributed by atoms with van der Waals surface area (Å²) < 4.78 is 17.0. The highest BCUT2D eigenvalue weighted by atomic mass is 16.6. The first-order valence-electron chi connectivity index (χ1n) is 8.41. The average Bonchev–Trinajstić information content (AvgIpc) is 2.68. The molecule has 3 aromatic rings. The quantitative estimate of drug-likeness (QED) is 0.383. The van der Waals surface area contributed by atoms with Crippen LogP contribution in [0.4, 0.5) is 0 Å². The Hall–Kier alpha value is -3.68. The largest absolute Gasteiger partial charge is 0.493 e. The Labute approximate surface area is 161 Å². The second kappa shape index (κ2) is 7.91. The van der Waals surface area contributed by atoms with Crippen molar-refractivity contribution in [3.63, 3.8) is 0 Å². The SMILES string of the molecule is COc1cc(/C=N/n2c(C)nc3ccccc3c2=O)cc(OC)c1OC(C)=O. The summed E-state index contributed by atoms with van der Waals surface area (Å²) in [7, 11) is 2.90. The van der Waals surface area contributed by atoms with Gasteiger partial charge in [0.15, 0.2) is 11.5 Å². The maximum Gasteiger partial charge on any atom is 0.308 e. The van der Waals surface area contributed by atoms with E-state index in [1.807, 2.05) is 6.07 Å². The summed E-state index contributed by atoms with van der Waals surface area (Å²) in [5, 5.41) is 4.74. The maximum absolute atomic E-state index is 12.7. The number of hydrogen-bond acceptors (Lipinski definition) is 7. The summed E-state index contributed by atoms with van der Waals surface area (Å²) in [6.45, 7) is 2.99. The van der Waals surface area contributed by atoms with Crippen LogP contribution in [-0.2, 0) is 4.79 Å². The molecule has 0 radical (unpaired) electrons. The van der Waals surface area contributed by atoms with Crippen molar-refractivity contribution in [2.45, 2.75) is 13.8 Å². The summed E-state index contributed by atoms with van der Waals surface area (Å²) in [6, 6.07) is 10.3. The van der Waals surface area contributed by atoms with Crippen molar-refractivity contribution >= 4 is 23.1 Å². The van der Waals surface area contributed by atoms with Crippen molar-refractivity contribution in [1.29, 1.82) is 0 Å². The Bertz CT molecular complexity index is 1110. The molecule has 8 heteroatoms. The van der Waals surface area contributed by atoms with Gasteiger partial charge in [-0.1, -0.05) is 12.1 Å². The second-order valence-corrected chi connectivity index (χ2v) is 5.89. The van der Waals surface area contributed by atoms with Gasteiger partial charge in [0.25, 0.3) is 5.56 Å². The van der Waals surface area contributed by atoms with Gasteiger partial charge in [-0.3, -0.25) is 9.59 Å². The Morgan fingerprint density at radius 2 is 1.79 bits per heavy atom. The van der Waals surface area contributed by atoms with Gasteiger partial charge in [0, 0.05) is 12.5 Å². The third kappa shape index (κ3) is 3.71. The number of aromatic nitrogens is 2. The number of methoxy groups -OCH3 is 2. The van der Waals surface area contributed by atoms with Crippen LogP contribution < -0.4 is 19.8 Å². The molecule has 3 rings (SSSR count).